The number of ether oxygens (including phenoxy) is 1. The highest BCUT2D eigenvalue weighted by Gasteiger charge is 2.67. The van der Waals surface area contributed by atoms with Gasteiger partial charge in [-0.1, -0.05) is 19.9 Å². The van der Waals surface area contributed by atoms with Gasteiger partial charge < -0.3 is 9.64 Å². The lowest BCUT2D eigenvalue weighted by Gasteiger charge is -2.20. The van der Waals surface area contributed by atoms with Crippen molar-refractivity contribution in [2.45, 2.75) is 26.7 Å². The molecular weight excluding hydrogens is 272 g/mol. The average Bonchev–Trinajstić information content (AvgIpc) is 2.93. The van der Waals surface area contributed by atoms with E-state index in [0.29, 0.717) is 0 Å². The lowest BCUT2D eigenvalue weighted by Crippen LogP contribution is -2.27. The minimum atomic E-state index is 0.770. The van der Waals surface area contributed by atoms with E-state index in [4.69, 9.17) is 4.74 Å². The standard InChI is InChI=1S/C19H26N2O/c1-3-21(4-2)9-10-22-19(16-7-5-6-8-20-16)17-13-11-14-15(12-13)18(14)17/h5-8,13-15,18H,3-4,9-12H2,1-2H3. The second kappa shape index (κ2) is 5.69. The number of allylic oxidation sites excluding steroid dienone is 1. The first-order valence-electron chi connectivity index (χ1n) is 8.84. The molecule has 0 saturated heterocycles. The fourth-order valence-electron chi connectivity index (χ4n) is 4.78. The summed E-state index contributed by atoms with van der Waals surface area (Å²) in [6.07, 6.45) is 4.69. The quantitative estimate of drug-likeness (QED) is 0.721. The zero-order valence-corrected chi connectivity index (χ0v) is 13.7. The Labute approximate surface area is 133 Å². The molecule has 0 radical (unpaired) electrons. The molecule has 22 heavy (non-hydrogen) atoms. The SMILES string of the molecule is CCN(CC)CCOC(=C1C2CC3C(C2)C13)c1ccccn1. The highest BCUT2D eigenvalue weighted by Crippen LogP contribution is 2.74. The van der Waals surface area contributed by atoms with Crippen LogP contribution in [0.3, 0.4) is 0 Å². The maximum Gasteiger partial charge on any atom is 0.144 e. The van der Waals surface area contributed by atoms with E-state index in [1.54, 1.807) is 5.57 Å². The maximum absolute atomic E-state index is 6.32. The highest BCUT2D eigenvalue weighted by molar-refractivity contribution is 5.65. The van der Waals surface area contributed by atoms with Crippen molar-refractivity contribution in [3.05, 3.63) is 35.7 Å². The number of hydrogen-bond donors (Lipinski definition) is 0. The van der Waals surface area contributed by atoms with Crippen molar-refractivity contribution in [3.63, 3.8) is 0 Å². The van der Waals surface area contributed by atoms with E-state index in [1.165, 1.54) is 12.8 Å². The highest BCUT2D eigenvalue weighted by atomic mass is 16.5. The number of aromatic nitrogens is 1. The van der Waals surface area contributed by atoms with Crippen molar-refractivity contribution in [1.29, 1.82) is 0 Å². The van der Waals surface area contributed by atoms with Crippen molar-refractivity contribution >= 4 is 5.76 Å². The molecule has 2 unspecified atom stereocenters. The van der Waals surface area contributed by atoms with Gasteiger partial charge in [0, 0.05) is 12.7 Å². The van der Waals surface area contributed by atoms with Crippen LogP contribution in [0.2, 0.25) is 0 Å². The van der Waals surface area contributed by atoms with Gasteiger partial charge in [0.2, 0.25) is 0 Å². The molecule has 0 amide bonds. The summed E-state index contributed by atoms with van der Waals surface area (Å²) in [5.74, 6) is 4.68. The second-order valence-corrected chi connectivity index (χ2v) is 6.90. The molecule has 1 heterocycles. The largest absolute Gasteiger partial charge is 0.490 e. The Balaban J connectivity index is 1.54. The van der Waals surface area contributed by atoms with Gasteiger partial charge in [0.25, 0.3) is 0 Å². The Morgan fingerprint density at radius 1 is 1.23 bits per heavy atom. The van der Waals surface area contributed by atoms with Crippen LogP contribution in [0.25, 0.3) is 5.76 Å². The maximum atomic E-state index is 6.32. The number of rotatable bonds is 7. The summed E-state index contributed by atoms with van der Waals surface area (Å²) in [6, 6.07) is 6.16. The monoisotopic (exact) mass is 298 g/mol. The van der Waals surface area contributed by atoms with Crippen molar-refractivity contribution in [2.75, 3.05) is 26.2 Å². The van der Waals surface area contributed by atoms with Crippen molar-refractivity contribution in [2.24, 2.45) is 23.7 Å². The lowest BCUT2D eigenvalue weighted by molar-refractivity contribution is 0.199. The van der Waals surface area contributed by atoms with Gasteiger partial charge in [-0.25, -0.2) is 0 Å². The third-order valence-electron chi connectivity index (χ3n) is 5.95. The van der Waals surface area contributed by atoms with Crippen LogP contribution >= 0.6 is 0 Å². The Morgan fingerprint density at radius 2 is 2.00 bits per heavy atom. The first-order valence-corrected chi connectivity index (χ1v) is 8.84. The third kappa shape index (κ3) is 2.26. The van der Waals surface area contributed by atoms with Gasteiger partial charge >= 0.3 is 0 Å². The molecule has 4 fully saturated rings. The van der Waals surface area contributed by atoms with Gasteiger partial charge in [-0.3, -0.25) is 4.98 Å². The van der Waals surface area contributed by atoms with Crippen LogP contribution in [0.4, 0.5) is 0 Å². The Kier molecular flexibility index (Phi) is 3.69. The third-order valence-corrected chi connectivity index (χ3v) is 5.95. The molecule has 0 N–H and O–H groups in total. The molecule has 118 valence electrons. The van der Waals surface area contributed by atoms with Crippen molar-refractivity contribution in [3.8, 4) is 0 Å². The molecule has 4 bridgehead atoms. The molecule has 1 aromatic rings. The first kappa shape index (κ1) is 14.3. The zero-order valence-electron chi connectivity index (χ0n) is 13.7. The molecule has 4 aliphatic carbocycles. The summed E-state index contributed by atoms with van der Waals surface area (Å²) in [6.45, 7) is 8.37. The molecule has 2 atom stereocenters. The number of likely N-dealkylation sites (N-methyl/N-ethyl adjacent to an activating group) is 1. The number of pyridine rings is 1. The van der Waals surface area contributed by atoms with Gasteiger partial charge in [-0.15, -0.1) is 0 Å². The topological polar surface area (TPSA) is 25.4 Å². The molecule has 3 heteroatoms. The van der Waals surface area contributed by atoms with Crippen LogP contribution in [-0.2, 0) is 4.74 Å². The smallest absolute Gasteiger partial charge is 0.144 e. The molecule has 0 aromatic carbocycles. The van der Waals surface area contributed by atoms with Crippen LogP contribution in [0.1, 0.15) is 32.4 Å². The van der Waals surface area contributed by atoms with Crippen LogP contribution in [0.15, 0.2) is 30.0 Å². The van der Waals surface area contributed by atoms with Crippen LogP contribution in [-0.4, -0.2) is 36.1 Å². The van der Waals surface area contributed by atoms with E-state index in [1.807, 2.05) is 12.3 Å². The average molecular weight is 298 g/mol. The van der Waals surface area contributed by atoms with Crippen LogP contribution in [0.5, 0.6) is 0 Å². The molecule has 3 nitrogen and oxygen atoms in total. The molecule has 5 rings (SSSR count). The Hall–Kier alpha value is -1.35. The minimum absolute atomic E-state index is 0.770. The molecule has 0 spiro atoms. The van der Waals surface area contributed by atoms with Crippen LogP contribution in [0, 0.1) is 23.7 Å². The van der Waals surface area contributed by atoms with E-state index >= 15 is 0 Å². The fraction of sp³-hybridized carbons (Fsp3) is 0.632. The van der Waals surface area contributed by atoms with E-state index in [0.717, 1.165) is 61.4 Å². The van der Waals surface area contributed by atoms with Gasteiger partial charge in [0.1, 0.15) is 18.1 Å². The zero-order chi connectivity index (χ0) is 15.1. The van der Waals surface area contributed by atoms with Crippen molar-refractivity contribution < 1.29 is 4.74 Å². The van der Waals surface area contributed by atoms with Gasteiger partial charge in [0.05, 0.1) is 0 Å². The van der Waals surface area contributed by atoms with E-state index in [-0.39, 0.29) is 0 Å². The number of hydrogen-bond acceptors (Lipinski definition) is 3. The van der Waals surface area contributed by atoms with Gasteiger partial charge in [0.15, 0.2) is 0 Å². The summed E-state index contributed by atoms with van der Waals surface area (Å²) < 4.78 is 6.32. The molecular formula is C19H26N2O. The lowest BCUT2D eigenvalue weighted by atomic mass is 10.0. The van der Waals surface area contributed by atoms with E-state index in [2.05, 4.69) is 35.9 Å². The predicted molar refractivity (Wildman–Crippen MR) is 88.1 cm³/mol. The summed E-state index contributed by atoms with van der Waals surface area (Å²) in [5, 5.41) is 0. The molecule has 0 aliphatic heterocycles. The van der Waals surface area contributed by atoms with Gasteiger partial charge in [-0.05, 0) is 67.3 Å². The van der Waals surface area contributed by atoms with Crippen LogP contribution < -0.4 is 0 Å². The van der Waals surface area contributed by atoms with Crippen molar-refractivity contribution in [1.82, 2.24) is 9.88 Å². The molecule has 4 saturated carbocycles. The normalized spacial score (nSPS) is 33.4. The summed E-state index contributed by atoms with van der Waals surface area (Å²) in [5.41, 5.74) is 2.64. The minimum Gasteiger partial charge on any atom is -0.490 e. The predicted octanol–water partition coefficient (Wildman–Crippen LogP) is 3.44. The molecule has 1 aromatic heterocycles. The molecule has 4 aliphatic rings. The first-order chi connectivity index (χ1) is 10.8. The number of nitrogens with zero attached hydrogens (tertiary/aromatic N) is 2. The van der Waals surface area contributed by atoms with E-state index in [9.17, 15) is 0 Å². The summed E-state index contributed by atoms with van der Waals surface area (Å²) in [7, 11) is 0. The summed E-state index contributed by atoms with van der Waals surface area (Å²) >= 11 is 0. The second-order valence-electron chi connectivity index (χ2n) is 6.90. The Bertz CT molecular complexity index is 548. The fourth-order valence-corrected chi connectivity index (χ4v) is 4.78. The van der Waals surface area contributed by atoms with Gasteiger partial charge in [-0.2, -0.15) is 0 Å². The summed E-state index contributed by atoms with van der Waals surface area (Å²) in [4.78, 5) is 6.98. The Morgan fingerprint density at radius 3 is 2.55 bits per heavy atom. The van der Waals surface area contributed by atoms with E-state index < -0.39 is 0 Å².